The molecule has 1 unspecified atom stereocenters. The maximum absolute atomic E-state index is 11.9. The molecule has 0 saturated carbocycles. The largest absolute Gasteiger partial charge is 0.497 e. The van der Waals surface area contributed by atoms with E-state index < -0.39 is 0 Å². The zero-order valence-corrected chi connectivity index (χ0v) is 12.2. The average molecular weight is 285 g/mol. The van der Waals surface area contributed by atoms with Gasteiger partial charge in [0.25, 0.3) is 0 Å². The summed E-state index contributed by atoms with van der Waals surface area (Å²) >= 11 is 0. The third kappa shape index (κ3) is 4.40. The standard InChI is InChI=1S/C14H20N2O2.ClH/c1-10-6-11(8-12(7-10)18-2)9-16-14(17)13-4-3-5-15-13;/h6-8,13,15H,3-5,9H2,1-2H3,(H,16,17);1H. The summed E-state index contributed by atoms with van der Waals surface area (Å²) in [6, 6.07) is 5.97. The van der Waals surface area contributed by atoms with Gasteiger partial charge in [-0.1, -0.05) is 6.07 Å². The van der Waals surface area contributed by atoms with Crippen LogP contribution in [0.5, 0.6) is 5.75 Å². The molecule has 0 bridgehead atoms. The Morgan fingerprint density at radius 3 is 2.89 bits per heavy atom. The average Bonchev–Trinajstić information content (AvgIpc) is 2.89. The number of halogens is 1. The molecule has 0 aliphatic carbocycles. The third-order valence-corrected chi connectivity index (χ3v) is 3.19. The highest BCUT2D eigenvalue weighted by Gasteiger charge is 2.21. The number of carbonyl (C=O) groups excluding carboxylic acids is 1. The molecule has 1 fully saturated rings. The van der Waals surface area contributed by atoms with Gasteiger partial charge in [-0.15, -0.1) is 12.4 Å². The van der Waals surface area contributed by atoms with Crippen molar-refractivity contribution in [2.24, 2.45) is 0 Å². The number of nitrogens with one attached hydrogen (secondary N) is 2. The van der Waals surface area contributed by atoms with Gasteiger partial charge in [-0.2, -0.15) is 0 Å². The fourth-order valence-electron chi connectivity index (χ4n) is 2.27. The minimum absolute atomic E-state index is 0. The summed E-state index contributed by atoms with van der Waals surface area (Å²) in [7, 11) is 1.65. The van der Waals surface area contributed by atoms with Gasteiger partial charge in [0, 0.05) is 6.54 Å². The molecule has 5 heteroatoms. The SMILES string of the molecule is COc1cc(C)cc(CNC(=O)C2CCCN2)c1.Cl. The van der Waals surface area contributed by atoms with Crippen molar-refractivity contribution >= 4 is 18.3 Å². The lowest BCUT2D eigenvalue weighted by atomic mass is 10.1. The monoisotopic (exact) mass is 284 g/mol. The fourth-order valence-corrected chi connectivity index (χ4v) is 2.27. The van der Waals surface area contributed by atoms with Gasteiger partial charge in [-0.3, -0.25) is 4.79 Å². The summed E-state index contributed by atoms with van der Waals surface area (Å²) in [5.74, 6) is 0.922. The maximum atomic E-state index is 11.9. The van der Waals surface area contributed by atoms with Gasteiger partial charge in [-0.25, -0.2) is 0 Å². The summed E-state index contributed by atoms with van der Waals surface area (Å²) in [5, 5.41) is 6.15. The van der Waals surface area contributed by atoms with Gasteiger partial charge < -0.3 is 15.4 Å². The van der Waals surface area contributed by atoms with E-state index in [-0.39, 0.29) is 24.4 Å². The van der Waals surface area contributed by atoms with E-state index in [1.54, 1.807) is 7.11 Å². The van der Waals surface area contributed by atoms with Crippen LogP contribution in [-0.2, 0) is 11.3 Å². The molecular formula is C14H21ClN2O2. The van der Waals surface area contributed by atoms with E-state index >= 15 is 0 Å². The highest BCUT2D eigenvalue weighted by Crippen LogP contribution is 2.16. The molecule has 1 aliphatic rings. The van der Waals surface area contributed by atoms with Crippen LogP contribution >= 0.6 is 12.4 Å². The van der Waals surface area contributed by atoms with Crippen LogP contribution in [0.3, 0.4) is 0 Å². The number of carbonyl (C=O) groups is 1. The molecule has 4 nitrogen and oxygen atoms in total. The number of hydrogen-bond donors (Lipinski definition) is 2. The number of ether oxygens (including phenoxy) is 1. The molecule has 1 atom stereocenters. The summed E-state index contributed by atoms with van der Waals surface area (Å²) in [4.78, 5) is 11.9. The normalized spacial score (nSPS) is 17.7. The van der Waals surface area contributed by atoms with Crippen molar-refractivity contribution in [3.05, 3.63) is 29.3 Å². The first-order chi connectivity index (χ1) is 8.69. The topological polar surface area (TPSA) is 50.4 Å². The Morgan fingerprint density at radius 1 is 1.47 bits per heavy atom. The van der Waals surface area contributed by atoms with Gasteiger partial charge in [0.2, 0.25) is 5.91 Å². The number of hydrogen-bond acceptors (Lipinski definition) is 3. The Bertz CT molecular complexity index is 431. The maximum Gasteiger partial charge on any atom is 0.237 e. The van der Waals surface area contributed by atoms with Crippen molar-refractivity contribution in [3.8, 4) is 5.75 Å². The van der Waals surface area contributed by atoms with Crippen LogP contribution in [0.25, 0.3) is 0 Å². The Morgan fingerprint density at radius 2 is 2.26 bits per heavy atom. The molecule has 2 N–H and O–H groups in total. The lowest BCUT2D eigenvalue weighted by Crippen LogP contribution is -2.40. The van der Waals surface area contributed by atoms with E-state index in [0.29, 0.717) is 6.54 Å². The molecule has 1 aliphatic heterocycles. The van der Waals surface area contributed by atoms with Gasteiger partial charge >= 0.3 is 0 Å². The predicted octanol–water partition coefficient (Wildman–Crippen LogP) is 1.79. The lowest BCUT2D eigenvalue weighted by molar-refractivity contribution is -0.122. The van der Waals surface area contributed by atoms with Gasteiger partial charge in [0.1, 0.15) is 5.75 Å². The van der Waals surface area contributed by atoms with Crippen LogP contribution in [0.4, 0.5) is 0 Å². The number of rotatable bonds is 4. The predicted molar refractivity (Wildman–Crippen MR) is 77.9 cm³/mol. The number of aryl methyl sites for hydroxylation is 1. The molecule has 1 aromatic rings. The van der Waals surface area contributed by atoms with Crippen molar-refractivity contribution in [2.45, 2.75) is 32.4 Å². The van der Waals surface area contributed by atoms with Crippen molar-refractivity contribution in [1.29, 1.82) is 0 Å². The van der Waals surface area contributed by atoms with E-state index in [0.717, 1.165) is 36.3 Å². The second-order valence-electron chi connectivity index (χ2n) is 4.73. The number of amides is 1. The van der Waals surface area contributed by atoms with E-state index in [2.05, 4.69) is 16.7 Å². The Hall–Kier alpha value is -1.26. The van der Waals surface area contributed by atoms with E-state index in [1.807, 2.05) is 19.1 Å². The van der Waals surface area contributed by atoms with Crippen molar-refractivity contribution < 1.29 is 9.53 Å². The fraction of sp³-hybridized carbons (Fsp3) is 0.500. The first kappa shape index (κ1) is 15.8. The van der Waals surface area contributed by atoms with Crippen LogP contribution in [0.15, 0.2) is 18.2 Å². The summed E-state index contributed by atoms with van der Waals surface area (Å²) in [6.45, 7) is 3.51. The molecule has 1 heterocycles. The Labute approximate surface area is 120 Å². The van der Waals surface area contributed by atoms with E-state index in [9.17, 15) is 4.79 Å². The van der Waals surface area contributed by atoms with Crippen molar-refractivity contribution in [2.75, 3.05) is 13.7 Å². The zero-order chi connectivity index (χ0) is 13.0. The van der Waals surface area contributed by atoms with Crippen molar-refractivity contribution in [1.82, 2.24) is 10.6 Å². The lowest BCUT2D eigenvalue weighted by Gasteiger charge is -2.12. The van der Waals surface area contributed by atoms with Crippen LogP contribution in [-0.4, -0.2) is 25.6 Å². The molecule has 1 saturated heterocycles. The first-order valence-electron chi connectivity index (χ1n) is 6.34. The summed E-state index contributed by atoms with van der Waals surface area (Å²) < 4.78 is 5.22. The third-order valence-electron chi connectivity index (χ3n) is 3.19. The zero-order valence-electron chi connectivity index (χ0n) is 11.4. The van der Waals surface area contributed by atoms with Gasteiger partial charge in [0.05, 0.1) is 13.2 Å². The van der Waals surface area contributed by atoms with Crippen LogP contribution in [0.2, 0.25) is 0 Å². The van der Waals surface area contributed by atoms with Crippen molar-refractivity contribution in [3.63, 3.8) is 0 Å². The molecular weight excluding hydrogens is 264 g/mol. The quantitative estimate of drug-likeness (QED) is 0.886. The second-order valence-corrected chi connectivity index (χ2v) is 4.73. The molecule has 19 heavy (non-hydrogen) atoms. The minimum Gasteiger partial charge on any atom is -0.497 e. The molecule has 0 spiro atoms. The Kier molecular flexibility index (Phi) is 6.12. The van der Waals surface area contributed by atoms with E-state index in [4.69, 9.17) is 4.74 Å². The highest BCUT2D eigenvalue weighted by molar-refractivity contribution is 5.85. The minimum atomic E-state index is -0.0169. The van der Waals surface area contributed by atoms with Gasteiger partial charge in [-0.05, 0) is 49.6 Å². The van der Waals surface area contributed by atoms with Crippen LogP contribution in [0, 0.1) is 6.92 Å². The van der Waals surface area contributed by atoms with E-state index in [1.165, 1.54) is 0 Å². The molecule has 106 valence electrons. The molecule has 2 rings (SSSR count). The molecule has 0 radical (unpaired) electrons. The Balaban J connectivity index is 0.00000180. The second kappa shape index (κ2) is 7.36. The summed E-state index contributed by atoms with van der Waals surface area (Å²) in [5.41, 5.74) is 2.20. The number of methoxy groups -OCH3 is 1. The number of benzene rings is 1. The molecule has 1 aromatic carbocycles. The highest BCUT2D eigenvalue weighted by atomic mass is 35.5. The molecule has 0 aromatic heterocycles. The first-order valence-corrected chi connectivity index (χ1v) is 6.34. The molecule has 1 amide bonds. The smallest absolute Gasteiger partial charge is 0.237 e. The van der Waals surface area contributed by atoms with Gasteiger partial charge in [0.15, 0.2) is 0 Å². The van der Waals surface area contributed by atoms with Crippen LogP contribution in [0.1, 0.15) is 24.0 Å². The van der Waals surface area contributed by atoms with Crippen LogP contribution < -0.4 is 15.4 Å². The summed E-state index contributed by atoms with van der Waals surface area (Å²) in [6.07, 6.45) is 2.01.